The Morgan fingerprint density at radius 2 is 1.83 bits per heavy atom. The van der Waals surface area contributed by atoms with Crippen LogP contribution in [-0.4, -0.2) is 49.1 Å². The van der Waals surface area contributed by atoms with Crippen molar-refractivity contribution >= 4 is 10.0 Å². The quantitative estimate of drug-likeness (QED) is 0.840. The molecule has 2 saturated heterocycles. The van der Waals surface area contributed by atoms with E-state index >= 15 is 0 Å². The number of hydrogen-bond donors (Lipinski definition) is 0. The molecule has 1 aromatic rings. The van der Waals surface area contributed by atoms with Gasteiger partial charge in [0.15, 0.2) is 0 Å². The lowest BCUT2D eigenvalue weighted by atomic mass is 9.88. The molecule has 1 saturated carbocycles. The largest absolute Gasteiger partial charge is 0.292 e. The van der Waals surface area contributed by atoms with Crippen molar-refractivity contribution in [3.05, 3.63) is 29.8 Å². The van der Waals surface area contributed by atoms with Gasteiger partial charge in [0, 0.05) is 25.6 Å². The summed E-state index contributed by atoms with van der Waals surface area (Å²) in [6.45, 7) is 6.75. The zero-order chi connectivity index (χ0) is 17.3. The monoisotopic (exact) mass is 350 g/mol. The average molecular weight is 350 g/mol. The third kappa shape index (κ3) is 2.27. The highest BCUT2D eigenvalue weighted by atomic mass is 32.2. The molecule has 0 aromatic heterocycles. The Morgan fingerprint density at radius 1 is 1.21 bits per heavy atom. The number of aryl methyl sites for hydroxylation is 1. The number of benzene rings is 1. The molecule has 5 nitrogen and oxygen atoms in total. The minimum Gasteiger partial charge on any atom is -0.292 e. The summed E-state index contributed by atoms with van der Waals surface area (Å²) in [5.74, 6) is 0.510. The molecule has 0 amide bonds. The summed E-state index contributed by atoms with van der Waals surface area (Å²) < 4.78 is 28.3. The maximum atomic E-state index is 13.3. The first-order valence-electron chi connectivity index (χ1n) is 8.77. The van der Waals surface area contributed by atoms with Crippen LogP contribution in [-0.2, 0) is 14.9 Å². The lowest BCUT2D eigenvalue weighted by Gasteiger charge is -2.32. The van der Waals surface area contributed by atoms with Gasteiger partial charge >= 0.3 is 0 Å². The maximum absolute atomic E-state index is 13.3. The molecule has 1 spiro atoms. The number of sulfonamides is 1. The Balaban J connectivity index is 1.73. The fraction of sp³-hybridized carbons (Fsp3) is 0.667. The Bertz CT molecular complexity index is 740. The third-order valence-electron chi connectivity index (χ3n) is 5.95. The highest BCUT2D eigenvalue weighted by Crippen LogP contribution is 2.57. The SMILES string of the molecule is Cc1ccc(S(=O)(=O)N2C[C@@H]3[C@H]([C@@H]2C(C)C)N(C)OC32CC2)cc1. The zero-order valence-electron chi connectivity index (χ0n) is 14.8. The lowest BCUT2D eigenvalue weighted by Crippen LogP contribution is -2.47. The Labute approximate surface area is 144 Å². The molecule has 3 fully saturated rings. The highest BCUT2D eigenvalue weighted by molar-refractivity contribution is 7.89. The molecule has 0 radical (unpaired) electrons. The summed E-state index contributed by atoms with van der Waals surface area (Å²) in [4.78, 5) is 6.50. The first kappa shape index (κ1) is 16.5. The van der Waals surface area contributed by atoms with Gasteiger partial charge in [-0.25, -0.2) is 8.42 Å². The van der Waals surface area contributed by atoms with E-state index in [1.54, 1.807) is 16.4 Å². The van der Waals surface area contributed by atoms with E-state index in [4.69, 9.17) is 4.84 Å². The zero-order valence-corrected chi connectivity index (χ0v) is 15.6. The van der Waals surface area contributed by atoms with Crippen molar-refractivity contribution in [1.82, 2.24) is 9.37 Å². The van der Waals surface area contributed by atoms with E-state index in [-0.39, 0.29) is 29.5 Å². The molecule has 6 heteroatoms. The van der Waals surface area contributed by atoms with Gasteiger partial charge in [-0.15, -0.1) is 0 Å². The number of likely N-dealkylation sites (N-methyl/N-ethyl adjacent to an activating group) is 1. The van der Waals surface area contributed by atoms with Crippen molar-refractivity contribution < 1.29 is 13.3 Å². The van der Waals surface area contributed by atoms with Crippen molar-refractivity contribution in [3.63, 3.8) is 0 Å². The molecular formula is C18H26N2O3S. The normalized spacial score (nSPS) is 32.6. The smallest absolute Gasteiger partial charge is 0.243 e. The number of rotatable bonds is 3. The summed E-state index contributed by atoms with van der Waals surface area (Å²) in [7, 11) is -1.53. The molecule has 3 atom stereocenters. The van der Waals surface area contributed by atoms with Crippen molar-refractivity contribution in [1.29, 1.82) is 0 Å². The van der Waals surface area contributed by atoms with Crippen molar-refractivity contribution in [2.24, 2.45) is 11.8 Å². The molecule has 24 heavy (non-hydrogen) atoms. The second kappa shape index (κ2) is 5.27. The Morgan fingerprint density at radius 3 is 2.38 bits per heavy atom. The molecule has 4 rings (SSSR count). The van der Waals surface area contributed by atoms with Crippen LogP contribution in [0.15, 0.2) is 29.2 Å². The number of hydrogen-bond acceptors (Lipinski definition) is 4. The Kier molecular flexibility index (Phi) is 3.63. The molecule has 2 aliphatic heterocycles. The minimum absolute atomic E-state index is 0.0497. The van der Waals surface area contributed by atoms with E-state index in [0.717, 1.165) is 18.4 Å². The van der Waals surface area contributed by atoms with Gasteiger partial charge in [0.1, 0.15) is 0 Å². The van der Waals surface area contributed by atoms with Crippen LogP contribution in [0.2, 0.25) is 0 Å². The molecular weight excluding hydrogens is 324 g/mol. The fourth-order valence-corrected chi connectivity index (χ4v) is 6.41. The predicted molar refractivity (Wildman–Crippen MR) is 91.8 cm³/mol. The fourth-order valence-electron chi connectivity index (χ4n) is 4.61. The molecule has 0 unspecified atom stereocenters. The summed E-state index contributed by atoms with van der Waals surface area (Å²) in [5, 5.41) is 1.94. The van der Waals surface area contributed by atoms with Crippen LogP contribution in [0.3, 0.4) is 0 Å². The number of fused-ring (bicyclic) bond motifs is 2. The maximum Gasteiger partial charge on any atom is 0.243 e. The van der Waals surface area contributed by atoms with E-state index in [2.05, 4.69) is 13.8 Å². The Hall–Kier alpha value is -0.950. The van der Waals surface area contributed by atoms with Gasteiger partial charge in [-0.3, -0.25) is 4.84 Å². The lowest BCUT2D eigenvalue weighted by molar-refractivity contribution is -0.165. The van der Waals surface area contributed by atoms with Crippen molar-refractivity contribution in [3.8, 4) is 0 Å². The van der Waals surface area contributed by atoms with Crippen LogP contribution < -0.4 is 0 Å². The molecule has 0 N–H and O–H groups in total. The van der Waals surface area contributed by atoms with Gasteiger partial charge in [-0.05, 0) is 37.8 Å². The van der Waals surface area contributed by atoms with Crippen molar-refractivity contribution in [2.45, 2.75) is 56.2 Å². The second-order valence-electron chi connectivity index (χ2n) is 7.92. The minimum atomic E-state index is -3.49. The van der Waals surface area contributed by atoms with E-state index in [1.165, 1.54) is 0 Å². The van der Waals surface area contributed by atoms with Gasteiger partial charge in [0.2, 0.25) is 10.0 Å². The van der Waals surface area contributed by atoms with Crippen LogP contribution in [0.4, 0.5) is 0 Å². The van der Waals surface area contributed by atoms with Gasteiger partial charge in [-0.1, -0.05) is 31.5 Å². The highest BCUT2D eigenvalue weighted by Gasteiger charge is 2.67. The molecule has 1 aliphatic carbocycles. The van der Waals surface area contributed by atoms with Gasteiger partial charge in [0.05, 0.1) is 16.5 Å². The van der Waals surface area contributed by atoms with Gasteiger partial charge in [0.25, 0.3) is 0 Å². The second-order valence-corrected chi connectivity index (χ2v) is 9.81. The topological polar surface area (TPSA) is 49.9 Å². The molecule has 2 heterocycles. The van der Waals surface area contributed by atoms with Crippen LogP contribution >= 0.6 is 0 Å². The van der Waals surface area contributed by atoms with Gasteiger partial charge < -0.3 is 0 Å². The summed E-state index contributed by atoms with van der Waals surface area (Å²) in [5.41, 5.74) is 0.960. The summed E-state index contributed by atoms with van der Waals surface area (Å²) in [6.07, 6.45) is 2.09. The van der Waals surface area contributed by atoms with E-state index in [0.29, 0.717) is 11.4 Å². The number of hydroxylamine groups is 2. The van der Waals surface area contributed by atoms with Crippen LogP contribution in [0.1, 0.15) is 32.3 Å². The predicted octanol–water partition coefficient (Wildman–Crippen LogP) is 2.42. The van der Waals surface area contributed by atoms with Crippen LogP contribution in [0.5, 0.6) is 0 Å². The third-order valence-corrected chi connectivity index (χ3v) is 7.82. The first-order chi connectivity index (χ1) is 11.3. The standard InChI is InChI=1S/C18H26N2O3S/c1-12(2)16-17-15(18(9-10-18)23-19(17)4)11-20(16)24(21,22)14-7-5-13(3)6-8-14/h5-8,12,15-17H,9-11H2,1-4H3/t15-,16+,17-/m1/s1. The van der Waals surface area contributed by atoms with Crippen molar-refractivity contribution in [2.75, 3.05) is 13.6 Å². The molecule has 3 aliphatic rings. The van der Waals surface area contributed by atoms with Crippen LogP contribution in [0, 0.1) is 18.8 Å². The molecule has 1 aromatic carbocycles. The summed E-state index contributed by atoms with van der Waals surface area (Å²) in [6, 6.07) is 7.28. The first-order valence-corrected chi connectivity index (χ1v) is 10.2. The number of nitrogens with zero attached hydrogens (tertiary/aromatic N) is 2. The van der Waals surface area contributed by atoms with E-state index in [1.807, 2.05) is 31.2 Å². The van der Waals surface area contributed by atoms with Gasteiger partial charge in [-0.2, -0.15) is 9.37 Å². The van der Waals surface area contributed by atoms with E-state index in [9.17, 15) is 8.42 Å². The molecule has 132 valence electrons. The molecule has 0 bridgehead atoms. The summed E-state index contributed by atoms with van der Waals surface area (Å²) >= 11 is 0. The van der Waals surface area contributed by atoms with E-state index < -0.39 is 10.0 Å². The van der Waals surface area contributed by atoms with Crippen LogP contribution in [0.25, 0.3) is 0 Å². The average Bonchev–Trinajstić information content (AvgIpc) is 3.07.